The highest BCUT2D eigenvalue weighted by Gasteiger charge is 2.34. The number of piperazine rings is 1. The summed E-state index contributed by atoms with van der Waals surface area (Å²) in [5.74, 6) is 1.61. The summed E-state index contributed by atoms with van der Waals surface area (Å²) in [5.41, 5.74) is 0. The highest BCUT2D eigenvalue weighted by molar-refractivity contribution is 7.89. The van der Waals surface area contributed by atoms with Crippen LogP contribution < -0.4 is 4.90 Å². The van der Waals surface area contributed by atoms with Gasteiger partial charge in [-0.1, -0.05) is 11.6 Å². The van der Waals surface area contributed by atoms with Crippen LogP contribution in [-0.4, -0.2) is 72.8 Å². The first-order chi connectivity index (χ1) is 14.8. The van der Waals surface area contributed by atoms with Crippen LogP contribution in [0, 0.1) is 12.8 Å². The number of carbonyl (C=O) groups excluding carboxylic acids is 1. The summed E-state index contributed by atoms with van der Waals surface area (Å²) in [6.45, 7) is 5.31. The van der Waals surface area contributed by atoms with E-state index in [2.05, 4.69) is 14.9 Å². The Balaban J connectivity index is 1.31. The number of carbonyl (C=O) groups is 1. The third-order valence-corrected chi connectivity index (χ3v) is 8.10. The number of hydrogen-bond acceptors (Lipinski definition) is 6. The largest absolute Gasteiger partial charge is 0.353 e. The number of amides is 1. The van der Waals surface area contributed by atoms with Gasteiger partial charge in [0.2, 0.25) is 15.9 Å². The lowest BCUT2D eigenvalue weighted by Gasteiger charge is -2.38. The minimum atomic E-state index is -3.56. The SMILES string of the molecule is Cc1nccc(N2CCN(C(=O)C3CCN(S(=O)(=O)c4ccc(Cl)cc4)CC3)CC2)n1. The Morgan fingerprint density at radius 1 is 1.00 bits per heavy atom. The first-order valence-electron chi connectivity index (χ1n) is 10.4. The zero-order valence-corrected chi connectivity index (χ0v) is 19.0. The fourth-order valence-electron chi connectivity index (χ4n) is 4.13. The van der Waals surface area contributed by atoms with Crippen LogP contribution in [0.4, 0.5) is 5.82 Å². The van der Waals surface area contributed by atoms with E-state index in [-0.39, 0.29) is 16.7 Å². The highest BCUT2D eigenvalue weighted by Crippen LogP contribution is 2.26. The summed E-state index contributed by atoms with van der Waals surface area (Å²) in [5, 5.41) is 0.498. The van der Waals surface area contributed by atoms with Gasteiger partial charge in [0.25, 0.3) is 0 Å². The third-order valence-electron chi connectivity index (χ3n) is 5.93. The van der Waals surface area contributed by atoms with Crippen LogP contribution in [0.25, 0.3) is 0 Å². The lowest BCUT2D eigenvalue weighted by atomic mass is 9.96. The Morgan fingerprint density at radius 3 is 2.26 bits per heavy atom. The van der Waals surface area contributed by atoms with Gasteiger partial charge in [-0.15, -0.1) is 0 Å². The molecule has 2 aliphatic rings. The van der Waals surface area contributed by atoms with Gasteiger partial charge in [0.05, 0.1) is 4.90 Å². The summed E-state index contributed by atoms with van der Waals surface area (Å²) in [4.78, 5) is 25.9. The Bertz CT molecular complexity index is 1030. The Labute approximate surface area is 187 Å². The fourth-order valence-corrected chi connectivity index (χ4v) is 5.73. The van der Waals surface area contributed by atoms with Crippen LogP contribution in [-0.2, 0) is 14.8 Å². The van der Waals surface area contributed by atoms with E-state index in [1.165, 1.54) is 16.4 Å². The number of hydrogen-bond donors (Lipinski definition) is 0. The van der Waals surface area contributed by atoms with Gasteiger partial charge in [0.1, 0.15) is 11.6 Å². The van der Waals surface area contributed by atoms with Crippen molar-refractivity contribution in [3.8, 4) is 0 Å². The van der Waals surface area contributed by atoms with Crippen molar-refractivity contribution in [2.75, 3.05) is 44.2 Å². The predicted octanol–water partition coefficient (Wildman–Crippen LogP) is 2.19. The summed E-state index contributed by atoms with van der Waals surface area (Å²) in [6.07, 6.45) is 2.83. The maximum atomic E-state index is 13.0. The number of rotatable bonds is 4. The summed E-state index contributed by atoms with van der Waals surface area (Å²) >= 11 is 5.87. The zero-order chi connectivity index (χ0) is 22.0. The lowest BCUT2D eigenvalue weighted by Crippen LogP contribution is -2.52. The molecule has 4 rings (SSSR count). The predicted molar refractivity (Wildman–Crippen MR) is 118 cm³/mol. The molecule has 0 N–H and O–H groups in total. The average Bonchev–Trinajstić information content (AvgIpc) is 2.79. The molecule has 1 aromatic carbocycles. The average molecular weight is 464 g/mol. The number of sulfonamides is 1. The van der Waals surface area contributed by atoms with Crippen LogP contribution in [0.2, 0.25) is 5.02 Å². The van der Waals surface area contributed by atoms with Crippen molar-refractivity contribution in [2.45, 2.75) is 24.7 Å². The second-order valence-electron chi connectivity index (χ2n) is 7.91. The van der Waals surface area contributed by atoms with E-state index in [0.29, 0.717) is 44.0 Å². The van der Waals surface area contributed by atoms with E-state index >= 15 is 0 Å². The third kappa shape index (κ3) is 4.83. The minimum Gasteiger partial charge on any atom is -0.353 e. The van der Waals surface area contributed by atoms with Gasteiger partial charge in [0, 0.05) is 56.4 Å². The van der Waals surface area contributed by atoms with Gasteiger partial charge < -0.3 is 9.80 Å². The Kier molecular flexibility index (Phi) is 6.45. The molecular formula is C21H26ClN5O3S. The number of nitrogens with zero attached hydrogens (tertiary/aromatic N) is 5. The van der Waals surface area contributed by atoms with Crippen molar-refractivity contribution in [1.29, 1.82) is 0 Å². The molecule has 0 saturated carbocycles. The number of benzene rings is 1. The van der Waals surface area contributed by atoms with Crippen LogP contribution in [0.1, 0.15) is 18.7 Å². The smallest absolute Gasteiger partial charge is 0.243 e. The van der Waals surface area contributed by atoms with Crippen LogP contribution in [0.15, 0.2) is 41.4 Å². The molecule has 1 amide bonds. The quantitative estimate of drug-likeness (QED) is 0.690. The maximum Gasteiger partial charge on any atom is 0.243 e. The van der Waals surface area contributed by atoms with Gasteiger partial charge in [-0.2, -0.15) is 4.31 Å². The molecule has 2 aromatic rings. The standard InChI is InChI=1S/C21H26ClN5O3S/c1-16-23-9-6-20(24-16)25-12-14-26(15-13-25)21(28)17-7-10-27(11-8-17)31(29,30)19-4-2-18(22)3-5-19/h2-6,9,17H,7-8,10-15H2,1H3. The minimum absolute atomic E-state index is 0.127. The number of piperidine rings is 1. The normalized spacial score (nSPS) is 18.9. The van der Waals surface area contributed by atoms with Gasteiger partial charge >= 0.3 is 0 Å². The Hall–Kier alpha value is -2.23. The second-order valence-corrected chi connectivity index (χ2v) is 10.3. The number of halogens is 1. The zero-order valence-electron chi connectivity index (χ0n) is 17.4. The molecule has 0 atom stereocenters. The van der Waals surface area contributed by atoms with E-state index in [9.17, 15) is 13.2 Å². The summed E-state index contributed by atoms with van der Waals surface area (Å²) in [6, 6.07) is 8.09. The first kappa shape index (κ1) is 22.0. The Morgan fingerprint density at radius 2 is 1.65 bits per heavy atom. The molecule has 0 aliphatic carbocycles. The molecule has 1 aromatic heterocycles. The van der Waals surface area contributed by atoms with E-state index in [0.717, 1.165) is 24.7 Å². The lowest BCUT2D eigenvalue weighted by molar-refractivity contribution is -0.137. The van der Waals surface area contributed by atoms with Crippen molar-refractivity contribution in [2.24, 2.45) is 5.92 Å². The molecule has 2 fully saturated rings. The highest BCUT2D eigenvalue weighted by atomic mass is 35.5. The molecule has 3 heterocycles. The fraction of sp³-hybridized carbons (Fsp3) is 0.476. The molecule has 31 heavy (non-hydrogen) atoms. The number of anilines is 1. The molecule has 2 saturated heterocycles. The number of aromatic nitrogens is 2. The summed E-state index contributed by atoms with van der Waals surface area (Å²) in [7, 11) is -3.56. The van der Waals surface area contributed by atoms with Crippen molar-refractivity contribution in [3.63, 3.8) is 0 Å². The molecular weight excluding hydrogens is 438 g/mol. The molecule has 166 valence electrons. The van der Waals surface area contributed by atoms with E-state index in [4.69, 9.17) is 11.6 Å². The monoisotopic (exact) mass is 463 g/mol. The maximum absolute atomic E-state index is 13.0. The molecule has 2 aliphatic heterocycles. The van der Waals surface area contributed by atoms with Crippen LogP contribution in [0.3, 0.4) is 0 Å². The van der Waals surface area contributed by atoms with E-state index < -0.39 is 10.0 Å². The van der Waals surface area contributed by atoms with Crippen molar-refractivity contribution in [3.05, 3.63) is 47.4 Å². The second kappa shape index (κ2) is 9.10. The molecule has 0 unspecified atom stereocenters. The molecule has 10 heteroatoms. The van der Waals surface area contributed by atoms with E-state index in [1.54, 1.807) is 18.3 Å². The topological polar surface area (TPSA) is 86.7 Å². The molecule has 0 radical (unpaired) electrons. The van der Waals surface area contributed by atoms with Gasteiger partial charge in [0.15, 0.2) is 0 Å². The number of aryl methyl sites for hydroxylation is 1. The van der Waals surface area contributed by atoms with Crippen LogP contribution in [0.5, 0.6) is 0 Å². The first-order valence-corrected chi connectivity index (χ1v) is 12.3. The molecule has 0 bridgehead atoms. The van der Waals surface area contributed by atoms with Crippen molar-refractivity contribution < 1.29 is 13.2 Å². The molecule has 0 spiro atoms. The molecule has 8 nitrogen and oxygen atoms in total. The summed E-state index contributed by atoms with van der Waals surface area (Å²) < 4.78 is 27.2. The van der Waals surface area contributed by atoms with Gasteiger partial charge in [-0.3, -0.25) is 4.79 Å². The van der Waals surface area contributed by atoms with Gasteiger partial charge in [-0.05, 0) is 50.1 Å². The van der Waals surface area contributed by atoms with Gasteiger partial charge in [-0.25, -0.2) is 18.4 Å². The van der Waals surface area contributed by atoms with E-state index in [1.807, 2.05) is 17.9 Å². The van der Waals surface area contributed by atoms with Crippen molar-refractivity contribution >= 4 is 33.3 Å². The van der Waals surface area contributed by atoms with Crippen LogP contribution >= 0.6 is 11.6 Å². The van der Waals surface area contributed by atoms with Crippen molar-refractivity contribution in [1.82, 2.24) is 19.2 Å².